The fourth-order valence-electron chi connectivity index (χ4n) is 3.15. The average Bonchev–Trinajstić information content (AvgIpc) is 2.43. The molecule has 2 aliphatic heterocycles. The fraction of sp³-hybridized carbons (Fsp3) is 0.611. The second-order valence-electron chi connectivity index (χ2n) is 8.06. The van der Waals surface area contributed by atoms with E-state index in [0.717, 1.165) is 5.56 Å². The van der Waals surface area contributed by atoms with Crippen molar-refractivity contribution in [2.45, 2.75) is 38.8 Å². The average molecular weight is 382 g/mol. The number of nitrogens with zero attached hydrogens (tertiary/aromatic N) is 2. The van der Waals surface area contributed by atoms with Gasteiger partial charge in [0.2, 0.25) is 5.91 Å². The van der Waals surface area contributed by atoms with E-state index in [4.69, 9.17) is 21.1 Å². The predicted octanol–water partition coefficient (Wildman–Crippen LogP) is 2.03. The number of rotatable bonds is 4. The van der Waals surface area contributed by atoms with E-state index in [2.05, 4.69) is 10.3 Å². The number of carbonyl (C=O) groups excluding carboxylic acids is 2. The molecular formula is C18H24ClN3O4. The van der Waals surface area contributed by atoms with E-state index in [0.29, 0.717) is 31.3 Å². The van der Waals surface area contributed by atoms with Crippen molar-refractivity contribution in [3.63, 3.8) is 0 Å². The van der Waals surface area contributed by atoms with Gasteiger partial charge in [0.05, 0.1) is 23.7 Å². The summed E-state index contributed by atoms with van der Waals surface area (Å²) in [6, 6.07) is 1.000. The van der Waals surface area contributed by atoms with Crippen LogP contribution in [-0.4, -0.2) is 59.8 Å². The maximum Gasteiger partial charge on any atom is 0.408 e. The first-order valence-corrected chi connectivity index (χ1v) is 9.00. The minimum atomic E-state index is -0.747. The van der Waals surface area contributed by atoms with Gasteiger partial charge in [-0.1, -0.05) is 11.6 Å². The molecule has 1 aromatic rings. The highest BCUT2D eigenvalue weighted by atomic mass is 35.5. The highest BCUT2D eigenvalue weighted by molar-refractivity contribution is 6.31. The SMILES string of the molecule is CC(C)(C)OC(=O)NC(Cc1ccncc1Cl)C(=O)N1CC2(COC2)C1. The molecule has 3 heterocycles. The Bertz CT molecular complexity index is 692. The quantitative estimate of drug-likeness (QED) is 0.863. The van der Waals surface area contributed by atoms with Crippen LogP contribution in [0.15, 0.2) is 18.5 Å². The number of halogens is 1. The second-order valence-corrected chi connectivity index (χ2v) is 8.46. The molecule has 8 heteroatoms. The number of amides is 2. The standard InChI is InChI=1S/C18H24ClN3O4/c1-17(2,3)26-16(24)21-14(6-12-4-5-20-7-13(12)19)15(23)22-8-18(9-22)10-25-11-18/h4-5,7,14H,6,8-11H2,1-3H3,(H,21,24). The van der Waals surface area contributed by atoms with Gasteiger partial charge in [0.15, 0.2) is 0 Å². The van der Waals surface area contributed by atoms with E-state index in [1.807, 2.05) is 0 Å². The van der Waals surface area contributed by atoms with Crippen molar-refractivity contribution in [2.24, 2.45) is 5.41 Å². The second kappa shape index (κ2) is 7.04. The third-order valence-electron chi connectivity index (χ3n) is 4.45. The first-order chi connectivity index (χ1) is 12.2. The van der Waals surface area contributed by atoms with Crippen LogP contribution in [0.25, 0.3) is 0 Å². The molecule has 1 atom stereocenters. The summed E-state index contributed by atoms with van der Waals surface area (Å²) in [4.78, 5) is 30.8. The molecule has 0 aliphatic carbocycles. The molecule has 1 unspecified atom stereocenters. The molecule has 2 fully saturated rings. The van der Waals surface area contributed by atoms with Gasteiger partial charge in [-0.15, -0.1) is 0 Å². The zero-order valence-electron chi connectivity index (χ0n) is 15.3. The predicted molar refractivity (Wildman–Crippen MR) is 95.9 cm³/mol. The number of carbonyl (C=O) groups is 2. The van der Waals surface area contributed by atoms with Gasteiger partial charge in [0, 0.05) is 31.9 Å². The zero-order valence-corrected chi connectivity index (χ0v) is 16.0. The largest absolute Gasteiger partial charge is 0.444 e. The Balaban J connectivity index is 1.69. The molecular weight excluding hydrogens is 358 g/mol. The molecule has 26 heavy (non-hydrogen) atoms. The van der Waals surface area contributed by atoms with Crippen LogP contribution in [0.1, 0.15) is 26.3 Å². The lowest BCUT2D eigenvalue weighted by molar-refractivity contribution is -0.196. The summed E-state index contributed by atoms with van der Waals surface area (Å²) in [5, 5.41) is 3.16. The van der Waals surface area contributed by atoms with Crippen molar-refractivity contribution in [3.8, 4) is 0 Å². The lowest BCUT2D eigenvalue weighted by atomic mass is 9.77. The van der Waals surface area contributed by atoms with Gasteiger partial charge < -0.3 is 19.7 Å². The van der Waals surface area contributed by atoms with Gasteiger partial charge >= 0.3 is 6.09 Å². The Kier molecular flexibility index (Phi) is 5.12. The Morgan fingerprint density at radius 2 is 2.12 bits per heavy atom. The summed E-state index contributed by atoms with van der Waals surface area (Å²) < 4.78 is 10.6. The number of likely N-dealkylation sites (tertiary alicyclic amines) is 1. The van der Waals surface area contributed by atoms with Crippen LogP contribution in [0.2, 0.25) is 5.02 Å². The number of pyridine rings is 1. The van der Waals surface area contributed by atoms with Crippen LogP contribution in [0.4, 0.5) is 4.79 Å². The summed E-state index contributed by atoms with van der Waals surface area (Å²) in [5.74, 6) is -0.138. The zero-order chi connectivity index (χ0) is 18.9. The Morgan fingerprint density at radius 3 is 2.65 bits per heavy atom. The molecule has 7 nitrogen and oxygen atoms in total. The minimum Gasteiger partial charge on any atom is -0.444 e. The monoisotopic (exact) mass is 381 g/mol. The molecule has 0 aromatic carbocycles. The van der Waals surface area contributed by atoms with Gasteiger partial charge in [0.25, 0.3) is 0 Å². The summed E-state index contributed by atoms with van der Waals surface area (Å²) in [5.41, 5.74) is 0.217. The maximum atomic E-state index is 12.9. The summed E-state index contributed by atoms with van der Waals surface area (Å²) in [6.07, 6.45) is 2.79. The van der Waals surface area contributed by atoms with E-state index in [9.17, 15) is 9.59 Å². The third kappa shape index (κ3) is 4.27. The van der Waals surface area contributed by atoms with E-state index in [-0.39, 0.29) is 17.7 Å². The molecule has 1 N–H and O–H groups in total. The van der Waals surface area contributed by atoms with E-state index < -0.39 is 17.7 Å². The van der Waals surface area contributed by atoms with Crippen LogP contribution in [-0.2, 0) is 20.7 Å². The maximum absolute atomic E-state index is 12.9. The normalized spacial score (nSPS) is 19.3. The first-order valence-electron chi connectivity index (χ1n) is 8.62. The van der Waals surface area contributed by atoms with Crippen molar-refractivity contribution < 1.29 is 19.1 Å². The third-order valence-corrected chi connectivity index (χ3v) is 4.79. The van der Waals surface area contributed by atoms with E-state index >= 15 is 0 Å². The van der Waals surface area contributed by atoms with Crippen LogP contribution in [0, 0.1) is 5.41 Å². The molecule has 1 aromatic heterocycles. The molecule has 2 saturated heterocycles. The van der Waals surface area contributed by atoms with Gasteiger partial charge in [-0.3, -0.25) is 9.78 Å². The molecule has 2 aliphatic rings. The fourth-order valence-corrected chi connectivity index (χ4v) is 3.35. The lowest BCUT2D eigenvalue weighted by Crippen LogP contribution is -2.69. The number of hydrogen-bond donors (Lipinski definition) is 1. The Hall–Kier alpha value is -1.86. The highest BCUT2D eigenvalue weighted by Gasteiger charge is 2.51. The molecule has 2 amide bonds. The smallest absolute Gasteiger partial charge is 0.408 e. The number of alkyl carbamates (subject to hydrolysis) is 1. The van der Waals surface area contributed by atoms with Crippen molar-refractivity contribution in [3.05, 3.63) is 29.0 Å². The minimum absolute atomic E-state index is 0.112. The summed E-state index contributed by atoms with van der Waals surface area (Å²) >= 11 is 6.17. The number of ether oxygens (including phenoxy) is 2. The van der Waals surface area contributed by atoms with Crippen LogP contribution >= 0.6 is 11.6 Å². The number of nitrogens with one attached hydrogen (secondary N) is 1. The number of hydrogen-bond acceptors (Lipinski definition) is 5. The highest BCUT2D eigenvalue weighted by Crippen LogP contribution is 2.37. The molecule has 142 valence electrons. The molecule has 0 saturated carbocycles. The van der Waals surface area contributed by atoms with E-state index in [1.54, 1.807) is 37.9 Å². The molecule has 1 spiro atoms. The van der Waals surface area contributed by atoms with Crippen molar-refractivity contribution in [1.29, 1.82) is 0 Å². The van der Waals surface area contributed by atoms with E-state index in [1.165, 1.54) is 6.20 Å². The van der Waals surface area contributed by atoms with Crippen LogP contribution < -0.4 is 5.32 Å². The van der Waals surface area contributed by atoms with Crippen molar-refractivity contribution >= 4 is 23.6 Å². The summed E-state index contributed by atoms with van der Waals surface area (Å²) in [7, 11) is 0. The van der Waals surface area contributed by atoms with Gasteiger partial charge in [0.1, 0.15) is 11.6 Å². The van der Waals surface area contributed by atoms with Gasteiger partial charge in [-0.05, 0) is 32.4 Å². The Morgan fingerprint density at radius 1 is 1.42 bits per heavy atom. The lowest BCUT2D eigenvalue weighted by Gasteiger charge is -2.55. The Labute approximate surface area is 158 Å². The topological polar surface area (TPSA) is 80.8 Å². The van der Waals surface area contributed by atoms with Crippen LogP contribution in [0.3, 0.4) is 0 Å². The molecule has 3 rings (SSSR count). The van der Waals surface area contributed by atoms with Crippen molar-refractivity contribution in [2.75, 3.05) is 26.3 Å². The molecule has 0 bridgehead atoms. The molecule has 0 radical (unpaired) electrons. The van der Waals surface area contributed by atoms with Crippen molar-refractivity contribution in [1.82, 2.24) is 15.2 Å². The van der Waals surface area contributed by atoms with Crippen LogP contribution in [0.5, 0.6) is 0 Å². The summed E-state index contributed by atoms with van der Waals surface area (Å²) in [6.45, 7) is 8.02. The first kappa shape index (κ1) is 18.9. The number of aromatic nitrogens is 1. The van der Waals surface area contributed by atoms with Gasteiger partial charge in [-0.2, -0.15) is 0 Å². The van der Waals surface area contributed by atoms with Gasteiger partial charge in [-0.25, -0.2) is 4.79 Å².